The van der Waals surface area contributed by atoms with Gasteiger partial charge in [-0.1, -0.05) is 13.8 Å². The quantitative estimate of drug-likeness (QED) is 0.842. The highest BCUT2D eigenvalue weighted by atomic mass is 15.3. The lowest BCUT2D eigenvalue weighted by Crippen LogP contribution is -2.54. The number of hydrogen-bond donors (Lipinski definition) is 1. The van der Waals surface area contributed by atoms with E-state index < -0.39 is 0 Å². The van der Waals surface area contributed by atoms with Gasteiger partial charge in [0.25, 0.3) is 0 Å². The maximum atomic E-state index is 3.66. The standard InChI is InChI=1S/C16H33N3/c1-15(2,3)17-12-16(4,5)13-18-9-10-19-8-6-7-14(19)11-18/h14,17H,6-13H2,1-5H3. The van der Waals surface area contributed by atoms with Crippen LogP contribution in [-0.2, 0) is 0 Å². The molecule has 0 aromatic carbocycles. The summed E-state index contributed by atoms with van der Waals surface area (Å²) in [6.07, 6.45) is 2.82. The van der Waals surface area contributed by atoms with E-state index in [1.54, 1.807) is 0 Å². The number of nitrogens with zero attached hydrogens (tertiary/aromatic N) is 2. The minimum absolute atomic E-state index is 0.224. The Morgan fingerprint density at radius 3 is 2.47 bits per heavy atom. The van der Waals surface area contributed by atoms with Crippen LogP contribution in [0, 0.1) is 5.41 Å². The molecule has 0 amide bonds. The van der Waals surface area contributed by atoms with Crippen LogP contribution in [-0.4, -0.2) is 60.6 Å². The van der Waals surface area contributed by atoms with Gasteiger partial charge in [0, 0.05) is 44.3 Å². The van der Waals surface area contributed by atoms with Crippen molar-refractivity contribution in [3.05, 3.63) is 0 Å². The van der Waals surface area contributed by atoms with Gasteiger partial charge in [-0.25, -0.2) is 0 Å². The van der Waals surface area contributed by atoms with Crippen molar-refractivity contribution >= 4 is 0 Å². The van der Waals surface area contributed by atoms with E-state index >= 15 is 0 Å². The number of piperazine rings is 1. The molecule has 2 aliphatic rings. The normalized spacial score (nSPS) is 26.7. The van der Waals surface area contributed by atoms with Crippen LogP contribution in [0.25, 0.3) is 0 Å². The Kier molecular flexibility index (Phi) is 4.59. The van der Waals surface area contributed by atoms with E-state index in [0.29, 0.717) is 5.41 Å². The van der Waals surface area contributed by atoms with Gasteiger partial charge in [-0.05, 0) is 45.6 Å². The Labute approximate surface area is 119 Å². The van der Waals surface area contributed by atoms with Gasteiger partial charge in [0.05, 0.1) is 0 Å². The van der Waals surface area contributed by atoms with Gasteiger partial charge >= 0.3 is 0 Å². The summed E-state index contributed by atoms with van der Waals surface area (Å²) in [5.74, 6) is 0. The van der Waals surface area contributed by atoms with Crippen LogP contribution in [0.4, 0.5) is 0 Å². The van der Waals surface area contributed by atoms with E-state index in [2.05, 4.69) is 49.7 Å². The van der Waals surface area contributed by atoms with Crippen molar-refractivity contribution < 1.29 is 0 Å². The van der Waals surface area contributed by atoms with Crippen LogP contribution in [0.2, 0.25) is 0 Å². The van der Waals surface area contributed by atoms with Crippen molar-refractivity contribution in [1.82, 2.24) is 15.1 Å². The molecule has 0 aliphatic carbocycles. The largest absolute Gasteiger partial charge is 0.311 e. The van der Waals surface area contributed by atoms with Gasteiger partial charge < -0.3 is 5.32 Å². The molecular formula is C16H33N3. The Morgan fingerprint density at radius 1 is 1.05 bits per heavy atom. The molecule has 0 saturated carbocycles. The average Bonchev–Trinajstić information content (AvgIpc) is 2.72. The number of hydrogen-bond acceptors (Lipinski definition) is 3. The molecule has 1 atom stereocenters. The summed E-state index contributed by atoms with van der Waals surface area (Å²) in [6.45, 7) is 19.0. The van der Waals surface area contributed by atoms with E-state index in [1.807, 2.05) is 0 Å². The van der Waals surface area contributed by atoms with Gasteiger partial charge in [-0.3, -0.25) is 9.80 Å². The zero-order valence-corrected chi connectivity index (χ0v) is 13.6. The van der Waals surface area contributed by atoms with Crippen LogP contribution in [0.5, 0.6) is 0 Å². The van der Waals surface area contributed by atoms with Gasteiger partial charge in [0.1, 0.15) is 0 Å². The first-order chi connectivity index (χ1) is 8.75. The topological polar surface area (TPSA) is 18.5 Å². The van der Waals surface area contributed by atoms with Crippen LogP contribution < -0.4 is 5.32 Å². The highest BCUT2D eigenvalue weighted by Crippen LogP contribution is 2.24. The fourth-order valence-corrected chi connectivity index (χ4v) is 3.36. The lowest BCUT2D eigenvalue weighted by atomic mass is 9.90. The minimum atomic E-state index is 0.224. The average molecular weight is 267 g/mol. The molecule has 19 heavy (non-hydrogen) atoms. The summed E-state index contributed by atoms with van der Waals surface area (Å²) in [5, 5.41) is 3.66. The first-order valence-electron chi connectivity index (χ1n) is 7.97. The maximum Gasteiger partial charge on any atom is 0.0224 e. The zero-order chi connectivity index (χ0) is 14.1. The molecule has 1 N–H and O–H groups in total. The molecule has 0 spiro atoms. The Balaban J connectivity index is 1.79. The summed E-state index contributed by atoms with van der Waals surface area (Å²) in [6, 6.07) is 0.847. The van der Waals surface area contributed by atoms with Gasteiger partial charge in [0.2, 0.25) is 0 Å². The van der Waals surface area contributed by atoms with Crippen molar-refractivity contribution in [2.75, 3.05) is 39.3 Å². The third-order valence-electron chi connectivity index (χ3n) is 4.42. The summed E-state index contributed by atoms with van der Waals surface area (Å²) in [5.41, 5.74) is 0.579. The fourth-order valence-electron chi connectivity index (χ4n) is 3.36. The lowest BCUT2D eigenvalue weighted by molar-refractivity contribution is 0.0723. The highest BCUT2D eigenvalue weighted by Gasteiger charge is 2.33. The van der Waals surface area contributed by atoms with E-state index in [9.17, 15) is 0 Å². The van der Waals surface area contributed by atoms with Gasteiger partial charge in [-0.2, -0.15) is 0 Å². The lowest BCUT2D eigenvalue weighted by Gasteiger charge is -2.41. The number of rotatable bonds is 4. The van der Waals surface area contributed by atoms with Crippen LogP contribution in [0.15, 0.2) is 0 Å². The SMILES string of the molecule is CC(C)(CNC(C)(C)C)CN1CCN2CCCC2C1. The maximum absolute atomic E-state index is 3.66. The van der Waals surface area contributed by atoms with Crippen molar-refractivity contribution in [3.8, 4) is 0 Å². The molecule has 2 rings (SSSR count). The van der Waals surface area contributed by atoms with E-state index in [1.165, 1.54) is 45.6 Å². The van der Waals surface area contributed by atoms with Crippen molar-refractivity contribution in [1.29, 1.82) is 0 Å². The van der Waals surface area contributed by atoms with E-state index in [-0.39, 0.29) is 5.54 Å². The fraction of sp³-hybridized carbons (Fsp3) is 1.00. The smallest absolute Gasteiger partial charge is 0.0224 e. The van der Waals surface area contributed by atoms with Crippen LogP contribution in [0.1, 0.15) is 47.5 Å². The molecule has 0 aromatic heterocycles. The zero-order valence-electron chi connectivity index (χ0n) is 13.6. The Bertz CT molecular complexity index is 293. The van der Waals surface area contributed by atoms with Crippen molar-refractivity contribution in [2.45, 2.75) is 59.0 Å². The Hall–Kier alpha value is -0.120. The molecule has 1 unspecified atom stereocenters. The summed E-state index contributed by atoms with van der Waals surface area (Å²) < 4.78 is 0. The minimum Gasteiger partial charge on any atom is -0.311 e. The molecule has 0 bridgehead atoms. The molecule has 2 saturated heterocycles. The second-order valence-electron chi connectivity index (χ2n) is 8.33. The van der Waals surface area contributed by atoms with E-state index in [4.69, 9.17) is 0 Å². The van der Waals surface area contributed by atoms with Gasteiger partial charge in [0.15, 0.2) is 0 Å². The van der Waals surface area contributed by atoms with Crippen molar-refractivity contribution in [2.24, 2.45) is 5.41 Å². The Morgan fingerprint density at radius 2 is 1.79 bits per heavy atom. The molecule has 2 fully saturated rings. The monoisotopic (exact) mass is 267 g/mol. The molecule has 3 nitrogen and oxygen atoms in total. The number of fused-ring (bicyclic) bond motifs is 1. The summed E-state index contributed by atoms with van der Waals surface area (Å²) in [7, 11) is 0. The molecule has 2 aliphatic heterocycles. The first-order valence-corrected chi connectivity index (χ1v) is 7.97. The predicted octanol–water partition coefficient (Wildman–Crippen LogP) is 2.18. The van der Waals surface area contributed by atoms with E-state index in [0.717, 1.165) is 12.6 Å². The number of nitrogens with one attached hydrogen (secondary N) is 1. The molecule has 0 aromatic rings. The molecule has 2 heterocycles. The van der Waals surface area contributed by atoms with Crippen molar-refractivity contribution in [3.63, 3.8) is 0 Å². The second kappa shape index (κ2) is 5.71. The molecule has 3 heteroatoms. The van der Waals surface area contributed by atoms with Gasteiger partial charge in [-0.15, -0.1) is 0 Å². The molecule has 112 valence electrons. The summed E-state index contributed by atoms with van der Waals surface area (Å²) in [4.78, 5) is 5.38. The van der Waals surface area contributed by atoms with Crippen LogP contribution >= 0.6 is 0 Å². The molecular weight excluding hydrogens is 234 g/mol. The second-order valence-corrected chi connectivity index (χ2v) is 8.33. The molecule has 0 radical (unpaired) electrons. The third kappa shape index (κ3) is 4.73. The third-order valence-corrected chi connectivity index (χ3v) is 4.42. The highest BCUT2D eigenvalue weighted by molar-refractivity contribution is 4.89. The predicted molar refractivity (Wildman–Crippen MR) is 82.6 cm³/mol. The first kappa shape index (κ1) is 15.3. The summed E-state index contributed by atoms with van der Waals surface area (Å²) >= 11 is 0. The van der Waals surface area contributed by atoms with Crippen LogP contribution in [0.3, 0.4) is 0 Å².